The second-order valence-electron chi connectivity index (χ2n) is 2.48. The van der Waals surface area contributed by atoms with Gasteiger partial charge in [0.2, 0.25) is 0 Å². The Balaban J connectivity index is 2.57. The molecule has 0 fully saturated rings. The van der Waals surface area contributed by atoms with Crippen LogP contribution in [-0.4, -0.2) is 15.4 Å². The Morgan fingerprint density at radius 2 is 2.23 bits per heavy atom. The molecule has 0 spiro atoms. The number of hydrogen-bond donors (Lipinski definition) is 1. The van der Waals surface area contributed by atoms with Crippen molar-refractivity contribution in [3.05, 3.63) is 33.9 Å². The number of halogens is 2. The van der Waals surface area contributed by atoms with Crippen LogP contribution in [0.1, 0.15) is 0 Å². The highest BCUT2D eigenvalue weighted by molar-refractivity contribution is 9.10. The molecule has 0 aliphatic carbocycles. The summed E-state index contributed by atoms with van der Waals surface area (Å²) in [4.78, 5) is 0. The van der Waals surface area contributed by atoms with Crippen LogP contribution in [0, 0.1) is 0 Å². The molecule has 0 unspecified atom stereocenters. The van der Waals surface area contributed by atoms with E-state index in [-0.39, 0.29) is 0 Å². The van der Waals surface area contributed by atoms with Crippen molar-refractivity contribution in [2.75, 3.05) is 0 Å². The number of hydrogen-bond acceptors (Lipinski definition) is 2. The molecular formula is C8H5BrClN3. The smallest absolute Gasteiger partial charge is 0.113 e. The van der Waals surface area contributed by atoms with E-state index in [4.69, 9.17) is 11.6 Å². The number of H-pyrrole nitrogens is 1. The van der Waals surface area contributed by atoms with Crippen molar-refractivity contribution < 1.29 is 0 Å². The normalized spacial score (nSPS) is 10.3. The number of benzene rings is 1. The van der Waals surface area contributed by atoms with Crippen molar-refractivity contribution in [1.82, 2.24) is 15.4 Å². The van der Waals surface area contributed by atoms with Crippen LogP contribution < -0.4 is 0 Å². The summed E-state index contributed by atoms with van der Waals surface area (Å²) in [6, 6.07) is 5.53. The Morgan fingerprint density at radius 3 is 2.92 bits per heavy atom. The summed E-state index contributed by atoms with van der Waals surface area (Å²) < 4.78 is 0.950. The summed E-state index contributed by atoms with van der Waals surface area (Å²) in [5.41, 5.74) is 1.70. The van der Waals surface area contributed by atoms with Gasteiger partial charge in [-0.25, -0.2) is 0 Å². The van der Waals surface area contributed by atoms with E-state index in [1.165, 1.54) is 0 Å². The van der Waals surface area contributed by atoms with Gasteiger partial charge in [-0.2, -0.15) is 15.4 Å². The van der Waals surface area contributed by atoms with Gasteiger partial charge in [-0.05, 0) is 18.2 Å². The van der Waals surface area contributed by atoms with Gasteiger partial charge in [0.15, 0.2) is 0 Å². The zero-order valence-corrected chi connectivity index (χ0v) is 8.80. The fourth-order valence-corrected chi connectivity index (χ4v) is 1.65. The van der Waals surface area contributed by atoms with Crippen molar-refractivity contribution >= 4 is 27.5 Å². The van der Waals surface area contributed by atoms with Gasteiger partial charge in [0.1, 0.15) is 5.69 Å². The molecule has 0 aliphatic rings. The van der Waals surface area contributed by atoms with Crippen LogP contribution in [0.5, 0.6) is 0 Å². The second kappa shape index (κ2) is 3.47. The first-order valence-corrected chi connectivity index (χ1v) is 4.75. The van der Waals surface area contributed by atoms with Crippen LogP contribution in [-0.2, 0) is 0 Å². The molecule has 0 bridgehead atoms. The molecular weight excluding hydrogens is 253 g/mol. The molecule has 0 amide bonds. The Bertz CT molecular complexity index is 413. The van der Waals surface area contributed by atoms with E-state index in [1.54, 1.807) is 6.20 Å². The predicted octanol–water partition coefficient (Wildman–Crippen LogP) is 2.89. The van der Waals surface area contributed by atoms with Gasteiger partial charge >= 0.3 is 0 Å². The minimum Gasteiger partial charge on any atom is -0.197 e. The van der Waals surface area contributed by atoms with Crippen LogP contribution in [0.2, 0.25) is 5.02 Å². The molecule has 1 N–H and O–H groups in total. The lowest BCUT2D eigenvalue weighted by molar-refractivity contribution is 0.942. The highest BCUT2D eigenvalue weighted by atomic mass is 79.9. The van der Waals surface area contributed by atoms with Crippen molar-refractivity contribution in [2.24, 2.45) is 0 Å². The zero-order valence-electron chi connectivity index (χ0n) is 6.46. The number of rotatable bonds is 1. The molecule has 0 radical (unpaired) electrons. The second-order valence-corrected chi connectivity index (χ2v) is 3.77. The van der Waals surface area contributed by atoms with E-state index in [1.807, 2.05) is 18.2 Å². The van der Waals surface area contributed by atoms with Gasteiger partial charge in [-0.1, -0.05) is 27.5 Å². The number of aromatic nitrogens is 3. The Labute approximate surface area is 88.2 Å². The SMILES string of the molecule is Clc1ccc(Br)c(-c2cn[nH]n2)c1. The largest absolute Gasteiger partial charge is 0.197 e. The Hall–Kier alpha value is -0.870. The van der Waals surface area contributed by atoms with E-state index in [0.717, 1.165) is 15.7 Å². The molecule has 1 aromatic heterocycles. The summed E-state index contributed by atoms with van der Waals surface area (Å²) in [6.45, 7) is 0. The summed E-state index contributed by atoms with van der Waals surface area (Å²) in [6.07, 6.45) is 1.65. The quantitative estimate of drug-likeness (QED) is 0.854. The van der Waals surface area contributed by atoms with E-state index in [2.05, 4.69) is 31.3 Å². The van der Waals surface area contributed by atoms with Crippen molar-refractivity contribution in [3.8, 4) is 11.3 Å². The molecule has 13 heavy (non-hydrogen) atoms. The van der Waals surface area contributed by atoms with E-state index in [9.17, 15) is 0 Å². The Morgan fingerprint density at radius 1 is 1.38 bits per heavy atom. The summed E-state index contributed by atoms with van der Waals surface area (Å²) in [5, 5.41) is 10.9. The average Bonchev–Trinajstić information content (AvgIpc) is 2.61. The molecule has 3 nitrogen and oxygen atoms in total. The molecule has 1 heterocycles. The molecule has 2 aromatic rings. The molecule has 2 rings (SSSR count). The van der Waals surface area contributed by atoms with Crippen molar-refractivity contribution in [1.29, 1.82) is 0 Å². The Kier molecular flexibility index (Phi) is 2.33. The van der Waals surface area contributed by atoms with Gasteiger partial charge in [0, 0.05) is 15.1 Å². The van der Waals surface area contributed by atoms with Crippen molar-refractivity contribution in [3.63, 3.8) is 0 Å². The monoisotopic (exact) mass is 257 g/mol. The van der Waals surface area contributed by atoms with E-state index >= 15 is 0 Å². The lowest BCUT2D eigenvalue weighted by Crippen LogP contribution is -1.80. The average molecular weight is 259 g/mol. The fraction of sp³-hybridized carbons (Fsp3) is 0. The van der Waals surface area contributed by atoms with Gasteiger partial charge in [-0.3, -0.25) is 0 Å². The zero-order chi connectivity index (χ0) is 9.26. The van der Waals surface area contributed by atoms with E-state index in [0.29, 0.717) is 5.02 Å². The number of nitrogens with one attached hydrogen (secondary N) is 1. The first-order valence-electron chi connectivity index (χ1n) is 3.58. The maximum Gasteiger partial charge on any atom is 0.113 e. The van der Waals surface area contributed by atoms with Crippen molar-refractivity contribution in [2.45, 2.75) is 0 Å². The molecule has 0 aliphatic heterocycles. The van der Waals surface area contributed by atoms with Gasteiger partial charge in [0.05, 0.1) is 6.20 Å². The maximum absolute atomic E-state index is 5.85. The van der Waals surface area contributed by atoms with E-state index < -0.39 is 0 Å². The summed E-state index contributed by atoms with van der Waals surface area (Å²) >= 11 is 9.27. The number of aromatic amines is 1. The molecule has 5 heteroatoms. The summed E-state index contributed by atoms with van der Waals surface area (Å²) in [7, 11) is 0. The third-order valence-corrected chi connectivity index (χ3v) is 2.55. The van der Waals surface area contributed by atoms with Gasteiger partial charge in [-0.15, -0.1) is 0 Å². The highest BCUT2D eigenvalue weighted by Gasteiger charge is 2.05. The predicted molar refractivity (Wildman–Crippen MR) is 54.5 cm³/mol. The lowest BCUT2D eigenvalue weighted by atomic mass is 10.2. The molecule has 0 saturated carbocycles. The molecule has 66 valence electrons. The van der Waals surface area contributed by atoms with Crippen LogP contribution in [0.3, 0.4) is 0 Å². The summed E-state index contributed by atoms with van der Waals surface area (Å²) in [5.74, 6) is 0. The third-order valence-electron chi connectivity index (χ3n) is 1.62. The van der Waals surface area contributed by atoms with Crippen LogP contribution >= 0.6 is 27.5 Å². The van der Waals surface area contributed by atoms with Crippen LogP contribution in [0.25, 0.3) is 11.3 Å². The fourth-order valence-electron chi connectivity index (χ4n) is 1.03. The number of nitrogens with zero attached hydrogens (tertiary/aromatic N) is 2. The van der Waals surface area contributed by atoms with Gasteiger partial charge in [0.25, 0.3) is 0 Å². The first kappa shape index (κ1) is 8.72. The van der Waals surface area contributed by atoms with Crippen LogP contribution in [0.15, 0.2) is 28.9 Å². The highest BCUT2D eigenvalue weighted by Crippen LogP contribution is 2.28. The minimum absolute atomic E-state index is 0.682. The minimum atomic E-state index is 0.682. The molecule has 0 saturated heterocycles. The lowest BCUT2D eigenvalue weighted by Gasteiger charge is -1.99. The molecule has 1 aromatic carbocycles. The maximum atomic E-state index is 5.85. The standard InChI is InChI=1S/C8H5BrClN3/c9-7-2-1-5(10)3-6(7)8-4-11-13-12-8/h1-4H,(H,11,12,13). The first-order chi connectivity index (χ1) is 6.27. The van der Waals surface area contributed by atoms with Gasteiger partial charge < -0.3 is 0 Å². The molecule has 0 atom stereocenters. The topological polar surface area (TPSA) is 41.6 Å². The van der Waals surface area contributed by atoms with Crippen LogP contribution in [0.4, 0.5) is 0 Å². The third kappa shape index (κ3) is 1.73.